The van der Waals surface area contributed by atoms with Crippen LogP contribution in [0.1, 0.15) is 103 Å². The van der Waals surface area contributed by atoms with Gasteiger partial charge in [0, 0.05) is 0 Å². The van der Waals surface area contributed by atoms with Gasteiger partial charge in [-0.25, -0.2) is 9.80 Å². The minimum absolute atomic E-state index is 0.131. The highest BCUT2D eigenvalue weighted by atomic mass is 16.2. The Labute approximate surface area is 280 Å². The molecule has 2 aliphatic heterocycles. The van der Waals surface area contributed by atoms with Gasteiger partial charge in [0.2, 0.25) is 0 Å². The third kappa shape index (κ3) is 4.96. The third-order valence-corrected chi connectivity index (χ3v) is 9.42. The van der Waals surface area contributed by atoms with Crippen molar-refractivity contribution in [1.29, 1.82) is 0 Å². The number of imide groups is 2. The maximum atomic E-state index is 14.1. The van der Waals surface area contributed by atoms with Crippen LogP contribution in [-0.2, 0) is 0 Å². The van der Waals surface area contributed by atoms with Crippen molar-refractivity contribution in [1.82, 2.24) is 0 Å². The lowest BCUT2D eigenvalue weighted by atomic mass is 9.90. The van der Waals surface area contributed by atoms with Gasteiger partial charge in [-0.05, 0) is 95.5 Å². The highest BCUT2D eigenvalue weighted by Gasteiger charge is 2.42. The fourth-order valence-corrected chi connectivity index (χ4v) is 6.70. The van der Waals surface area contributed by atoms with Gasteiger partial charge in [0.25, 0.3) is 23.6 Å². The van der Waals surface area contributed by atoms with Crippen molar-refractivity contribution >= 4 is 35.0 Å². The molecule has 0 spiro atoms. The predicted octanol–water partition coefficient (Wildman–Crippen LogP) is 9.49. The van der Waals surface area contributed by atoms with E-state index in [1.54, 1.807) is 36.4 Å². The van der Waals surface area contributed by atoms with E-state index in [-0.39, 0.29) is 23.7 Å². The molecular formula is C42H36N2O4. The molecule has 6 nitrogen and oxygen atoms in total. The lowest BCUT2D eigenvalue weighted by Gasteiger charge is -2.28. The number of aryl methyl sites for hydroxylation is 2. The number of hydrogen-bond acceptors (Lipinski definition) is 4. The highest BCUT2D eigenvalue weighted by molar-refractivity contribution is 6.36. The Kier molecular flexibility index (Phi) is 7.47. The maximum absolute atomic E-state index is 14.1. The molecule has 48 heavy (non-hydrogen) atoms. The van der Waals surface area contributed by atoms with Crippen LogP contribution in [0.2, 0.25) is 0 Å². The molecular weight excluding hydrogens is 596 g/mol. The number of carbonyl (C=O) groups excluding carboxylic acids is 4. The molecule has 0 saturated heterocycles. The first-order chi connectivity index (χ1) is 22.9. The van der Waals surface area contributed by atoms with Crippen LogP contribution >= 0.6 is 0 Å². The number of anilines is 2. The quantitative estimate of drug-likeness (QED) is 0.175. The van der Waals surface area contributed by atoms with Crippen LogP contribution in [0, 0.1) is 13.8 Å². The molecule has 0 N–H and O–H groups in total. The fraction of sp³-hybridized carbons (Fsp3) is 0.190. The van der Waals surface area contributed by atoms with Crippen molar-refractivity contribution in [3.8, 4) is 22.3 Å². The van der Waals surface area contributed by atoms with Crippen LogP contribution in [0.25, 0.3) is 22.3 Å². The summed E-state index contributed by atoms with van der Waals surface area (Å²) >= 11 is 0. The average molecular weight is 633 g/mol. The van der Waals surface area contributed by atoms with Gasteiger partial charge < -0.3 is 0 Å². The lowest BCUT2D eigenvalue weighted by Crippen LogP contribution is -2.33. The molecule has 0 aromatic heterocycles. The number of carbonyl (C=O) groups is 4. The van der Waals surface area contributed by atoms with Crippen molar-refractivity contribution < 1.29 is 19.2 Å². The van der Waals surface area contributed by atoms with E-state index in [1.807, 2.05) is 102 Å². The second-order valence-electron chi connectivity index (χ2n) is 13.4. The first kappa shape index (κ1) is 31.0. The molecule has 5 aromatic carbocycles. The first-order valence-electron chi connectivity index (χ1n) is 16.3. The Balaban J connectivity index is 1.30. The second-order valence-corrected chi connectivity index (χ2v) is 13.4. The molecule has 4 amide bonds. The Hall–Kier alpha value is -5.62. The Morgan fingerprint density at radius 3 is 1.19 bits per heavy atom. The number of rotatable bonds is 6. The van der Waals surface area contributed by atoms with E-state index in [0.717, 1.165) is 33.4 Å². The zero-order valence-corrected chi connectivity index (χ0v) is 27.9. The van der Waals surface area contributed by atoms with E-state index in [1.165, 1.54) is 9.80 Å². The number of nitrogens with zero attached hydrogens (tertiary/aromatic N) is 2. The molecule has 0 fully saturated rings. The minimum Gasteiger partial charge on any atom is -0.268 e. The summed E-state index contributed by atoms with van der Waals surface area (Å²) in [6, 6.07) is 30.4. The molecule has 7 rings (SSSR count). The van der Waals surface area contributed by atoms with Crippen molar-refractivity contribution in [3.63, 3.8) is 0 Å². The summed E-state index contributed by atoms with van der Waals surface area (Å²) < 4.78 is 0. The van der Waals surface area contributed by atoms with Gasteiger partial charge >= 0.3 is 0 Å². The van der Waals surface area contributed by atoms with Gasteiger partial charge in [0.05, 0.1) is 33.6 Å². The number of hydrogen-bond donors (Lipinski definition) is 0. The van der Waals surface area contributed by atoms with Crippen molar-refractivity contribution in [2.45, 2.75) is 53.4 Å². The highest BCUT2D eigenvalue weighted by Crippen LogP contribution is 2.44. The van der Waals surface area contributed by atoms with E-state index in [0.29, 0.717) is 44.8 Å². The number of fused-ring (bicyclic) bond motifs is 2. The first-order valence-corrected chi connectivity index (χ1v) is 16.3. The van der Waals surface area contributed by atoms with Crippen LogP contribution in [0.4, 0.5) is 11.4 Å². The molecule has 6 heteroatoms. The normalized spacial score (nSPS) is 14.1. The molecule has 0 radical (unpaired) electrons. The summed E-state index contributed by atoms with van der Waals surface area (Å²) in [6.45, 7) is 12.0. The molecule has 0 aliphatic carbocycles. The average Bonchev–Trinajstić information content (AvgIpc) is 3.47. The molecule has 5 aromatic rings. The Morgan fingerprint density at radius 2 is 0.771 bits per heavy atom. The van der Waals surface area contributed by atoms with E-state index in [2.05, 4.69) is 0 Å². The van der Waals surface area contributed by atoms with Crippen LogP contribution in [0.3, 0.4) is 0 Å². The summed E-state index contributed by atoms with van der Waals surface area (Å²) in [4.78, 5) is 58.4. The Morgan fingerprint density at radius 1 is 0.417 bits per heavy atom. The summed E-state index contributed by atoms with van der Waals surface area (Å²) in [5.41, 5.74) is 9.68. The molecule has 0 bridgehead atoms. The fourth-order valence-electron chi connectivity index (χ4n) is 6.70. The number of amides is 4. The van der Waals surface area contributed by atoms with Crippen LogP contribution in [-0.4, -0.2) is 23.6 Å². The molecule has 0 unspecified atom stereocenters. The van der Waals surface area contributed by atoms with E-state index in [9.17, 15) is 19.2 Å². The van der Waals surface area contributed by atoms with E-state index < -0.39 is 11.8 Å². The van der Waals surface area contributed by atoms with E-state index >= 15 is 0 Å². The zero-order chi connectivity index (χ0) is 34.0. The van der Waals surface area contributed by atoms with Crippen molar-refractivity contribution in [2.24, 2.45) is 0 Å². The summed E-state index contributed by atoms with van der Waals surface area (Å²) in [7, 11) is 0. The van der Waals surface area contributed by atoms with Gasteiger partial charge in [0.1, 0.15) is 0 Å². The molecule has 0 saturated carbocycles. The Bertz CT molecular complexity index is 2150. The molecule has 0 atom stereocenters. The SMILES string of the molecule is Cc1ccc(-c2ccc3c(c2)C(=O)N(c2cc(C(C)C)c(N4C(=O)c5ccc(-c6ccc(C)cc6)cc5C4=O)c(C(C)C)c2)C3=O)cc1. The number of benzene rings is 5. The van der Waals surface area contributed by atoms with Crippen LogP contribution < -0.4 is 9.80 Å². The maximum Gasteiger partial charge on any atom is 0.266 e. The molecule has 2 aliphatic rings. The van der Waals surface area contributed by atoms with E-state index in [4.69, 9.17) is 0 Å². The van der Waals surface area contributed by atoms with Crippen LogP contribution in [0.15, 0.2) is 97.1 Å². The second kappa shape index (κ2) is 11.6. The van der Waals surface area contributed by atoms with Gasteiger partial charge in [-0.1, -0.05) is 99.5 Å². The van der Waals surface area contributed by atoms with Crippen molar-refractivity contribution in [2.75, 3.05) is 9.80 Å². The summed E-state index contributed by atoms with van der Waals surface area (Å²) in [6.07, 6.45) is 0. The molecule has 2 heterocycles. The lowest BCUT2D eigenvalue weighted by molar-refractivity contribution is 0.0909. The predicted molar refractivity (Wildman–Crippen MR) is 190 cm³/mol. The van der Waals surface area contributed by atoms with Gasteiger partial charge in [0.15, 0.2) is 0 Å². The largest absolute Gasteiger partial charge is 0.268 e. The smallest absolute Gasteiger partial charge is 0.266 e. The standard InChI is InChI=1S/C42H36N2O4/c1-23(2)34-21-31(43-39(45)32-17-15-29(19-36(32)41(43)47)27-11-7-25(5)8-12-27)22-35(24(3)4)38(34)44-40(46)33-18-16-30(20-37(33)42(44)48)28-13-9-26(6)10-14-28/h7-24H,1-6H3. The molecule has 238 valence electrons. The minimum atomic E-state index is -0.398. The van der Waals surface area contributed by atoms with Gasteiger partial charge in [-0.2, -0.15) is 0 Å². The van der Waals surface area contributed by atoms with Gasteiger partial charge in [-0.3, -0.25) is 19.2 Å². The van der Waals surface area contributed by atoms with Gasteiger partial charge in [-0.15, -0.1) is 0 Å². The topological polar surface area (TPSA) is 74.8 Å². The summed E-state index contributed by atoms with van der Waals surface area (Å²) in [5.74, 6) is -1.82. The third-order valence-electron chi connectivity index (χ3n) is 9.42. The summed E-state index contributed by atoms with van der Waals surface area (Å²) in [5, 5.41) is 0. The van der Waals surface area contributed by atoms with Crippen molar-refractivity contribution in [3.05, 3.63) is 142 Å². The van der Waals surface area contributed by atoms with Crippen LogP contribution in [0.5, 0.6) is 0 Å². The zero-order valence-electron chi connectivity index (χ0n) is 27.9. The monoisotopic (exact) mass is 632 g/mol.